The van der Waals surface area contributed by atoms with Crippen LogP contribution in [0.2, 0.25) is 0 Å². The van der Waals surface area contributed by atoms with Crippen LogP contribution in [-0.4, -0.2) is 26.6 Å². The zero-order valence-corrected chi connectivity index (χ0v) is 16.5. The van der Waals surface area contributed by atoms with E-state index in [0.29, 0.717) is 22.3 Å². The Balaban J connectivity index is 1.41. The van der Waals surface area contributed by atoms with E-state index in [1.807, 2.05) is 60.7 Å². The van der Waals surface area contributed by atoms with Crippen LogP contribution in [-0.2, 0) is 6.42 Å². The van der Waals surface area contributed by atoms with Gasteiger partial charge in [-0.2, -0.15) is 0 Å². The summed E-state index contributed by atoms with van der Waals surface area (Å²) < 4.78 is 0. The molecular weight excluding hydrogens is 388 g/mol. The summed E-state index contributed by atoms with van der Waals surface area (Å²) in [5.41, 5.74) is 2.96. The molecule has 0 aliphatic heterocycles. The van der Waals surface area contributed by atoms with Gasteiger partial charge in [-0.1, -0.05) is 60.7 Å². The predicted molar refractivity (Wildman–Crippen MR) is 120 cm³/mol. The zero-order valence-electron chi connectivity index (χ0n) is 16.5. The van der Waals surface area contributed by atoms with Gasteiger partial charge < -0.3 is 4.98 Å². The number of rotatable bonds is 5. The Morgan fingerprint density at radius 2 is 1.65 bits per heavy atom. The lowest BCUT2D eigenvalue weighted by Gasteiger charge is -2.03. The Kier molecular flexibility index (Phi) is 4.72. The van der Waals surface area contributed by atoms with E-state index in [-0.39, 0.29) is 24.1 Å². The molecule has 2 heterocycles. The third-order valence-corrected chi connectivity index (χ3v) is 5.12. The maximum absolute atomic E-state index is 12.9. The lowest BCUT2D eigenvalue weighted by atomic mass is 10.0. The van der Waals surface area contributed by atoms with Crippen LogP contribution in [0.15, 0.2) is 85.1 Å². The van der Waals surface area contributed by atoms with Crippen LogP contribution in [0.4, 0.5) is 5.95 Å². The normalized spacial score (nSPS) is 11.0. The Labute approximate surface area is 178 Å². The van der Waals surface area contributed by atoms with Gasteiger partial charge in [0.2, 0.25) is 5.95 Å². The number of H-pyrrole nitrogens is 1. The van der Waals surface area contributed by atoms with Crippen molar-refractivity contribution in [3.05, 3.63) is 102 Å². The highest BCUT2D eigenvalue weighted by molar-refractivity contribution is 6.08. The molecule has 0 fully saturated rings. The number of nitrogens with zero attached hydrogens (tertiary/aromatic N) is 2. The molecule has 5 rings (SSSR count). The number of hydrogen-bond acceptors (Lipinski definition) is 4. The summed E-state index contributed by atoms with van der Waals surface area (Å²) in [5.74, 6) is -0.130. The summed E-state index contributed by atoms with van der Waals surface area (Å²) >= 11 is 0. The molecule has 2 N–H and O–H groups in total. The largest absolute Gasteiger partial charge is 0.324 e. The van der Waals surface area contributed by atoms with Crippen LogP contribution < -0.4 is 5.32 Å². The van der Waals surface area contributed by atoms with Crippen LogP contribution in [0.5, 0.6) is 0 Å². The highest BCUT2D eigenvalue weighted by Gasteiger charge is 2.16. The van der Waals surface area contributed by atoms with Crippen LogP contribution in [0.3, 0.4) is 0 Å². The van der Waals surface area contributed by atoms with Crippen molar-refractivity contribution in [2.24, 2.45) is 0 Å². The molecule has 0 bridgehead atoms. The van der Waals surface area contributed by atoms with Crippen LogP contribution in [0, 0.1) is 0 Å². The van der Waals surface area contributed by atoms with Crippen molar-refractivity contribution in [2.75, 3.05) is 5.32 Å². The molecule has 31 heavy (non-hydrogen) atoms. The second-order valence-corrected chi connectivity index (χ2v) is 7.24. The average molecular weight is 406 g/mol. The van der Waals surface area contributed by atoms with E-state index in [2.05, 4.69) is 20.3 Å². The molecule has 6 nitrogen and oxygen atoms in total. The number of imidazole rings is 1. The second kappa shape index (κ2) is 7.84. The van der Waals surface area contributed by atoms with E-state index in [4.69, 9.17) is 0 Å². The van der Waals surface area contributed by atoms with E-state index < -0.39 is 0 Å². The van der Waals surface area contributed by atoms with Crippen LogP contribution in [0.25, 0.3) is 21.8 Å². The van der Waals surface area contributed by atoms with Gasteiger partial charge in [-0.25, -0.2) is 4.98 Å². The van der Waals surface area contributed by atoms with Gasteiger partial charge in [-0.15, -0.1) is 0 Å². The fraction of sp³-hybridized carbons (Fsp3) is 0.0400. The number of amides is 1. The Bertz CT molecular complexity index is 1420. The summed E-state index contributed by atoms with van der Waals surface area (Å²) in [4.78, 5) is 37.3. The number of para-hydroxylation sites is 1. The monoisotopic (exact) mass is 406 g/mol. The molecule has 0 aliphatic rings. The number of anilines is 1. The summed E-state index contributed by atoms with van der Waals surface area (Å²) in [5, 5.41) is 4.64. The van der Waals surface area contributed by atoms with Crippen molar-refractivity contribution in [2.45, 2.75) is 6.42 Å². The smallest absolute Gasteiger partial charge is 0.276 e. The lowest BCUT2D eigenvalue weighted by Crippen LogP contribution is -2.14. The molecule has 0 spiro atoms. The highest BCUT2D eigenvalue weighted by atomic mass is 16.2. The number of nitrogens with one attached hydrogen (secondary N) is 2. The minimum absolute atomic E-state index is 0.0302. The lowest BCUT2D eigenvalue weighted by molar-refractivity contribution is 0.0992. The third kappa shape index (κ3) is 3.79. The maximum Gasteiger partial charge on any atom is 0.276 e. The fourth-order valence-electron chi connectivity index (χ4n) is 3.57. The van der Waals surface area contributed by atoms with E-state index in [1.54, 1.807) is 24.4 Å². The molecule has 0 saturated heterocycles. The third-order valence-electron chi connectivity index (χ3n) is 5.12. The molecular formula is C25H18N4O2. The Hall–Kier alpha value is -4.32. The number of ketones is 1. The maximum atomic E-state index is 12.9. The summed E-state index contributed by atoms with van der Waals surface area (Å²) in [6, 6.07) is 24.4. The molecule has 0 radical (unpaired) electrons. The fourth-order valence-corrected chi connectivity index (χ4v) is 3.57. The Morgan fingerprint density at radius 3 is 2.48 bits per heavy atom. The average Bonchev–Trinajstić information content (AvgIpc) is 3.21. The van der Waals surface area contributed by atoms with Crippen LogP contribution >= 0.6 is 0 Å². The molecule has 6 heteroatoms. The van der Waals surface area contributed by atoms with E-state index in [0.717, 1.165) is 16.3 Å². The van der Waals surface area contributed by atoms with Gasteiger partial charge in [0.25, 0.3) is 5.91 Å². The molecule has 1 amide bonds. The number of carbonyl (C=O) groups is 2. The first kappa shape index (κ1) is 18.7. The second-order valence-electron chi connectivity index (χ2n) is 7.24. The molecule has 0 aliphatic carbocycles. The highest BCUT2D eigenvalue weighted by Crippen LogP contribution is 2.21. The molecule has 5 aromatic rings. The molecule has 150 valence electrons. The molecule has 0 unspecified atom stereocenters. The van der Waals surface area contributed by atoms with Gasteiger partial charge in [0.15, 0.2) is 5.78 Å². The van der Waals surface area contributed by atoms with Crippen LogP contribution in [0.1, 0.15) is 26.4 Å². The summed E-state index contributed by atoms with van der Waals surface area (Å²) in [6.07, 6.45) is 1.96. The molecule has 0 saturated carbocycles. The van der Waals surface area contributed by atoms with Gasteiger partial charge in [0, 0.05) is 23.6 Å². The van der Waals surface area contributed by atoms with Gasteiger partial charge >= 0.3 is 0 Å². The topological polar surface area (TPSA) is 87.7 Å². The molecule has 0 atom stereocenters. The van der Waals surface area contributed by atoms with Gasteiger partial charge in [-0.3, -0.25) is 19.9 Å². The Morgan fingerprint density at radius 1 is 0.871 bits per heavy atom. The number of pyridine rings is 1. The predicted octanol–water partition coefficient (Wildman–Crippen LogP) is 4.79. The van der Waals surface area contributed by atoms with Gasteiger partial charge in [0.05, 0.1) is 5.52 Å². The van der Waals surface area contributed by atoms with Crippen molar-refractivity contribution >= 4 is 39.4 Å². The summed E-state index contributed by atoms with van der Waals surface area (Å²) in [6.45, 7) is 0. The number of fused-ring (bicyclic) bond motifs is 2. The van der Waals surface area contributed by atoms with Gasteiger partial charge in [0.1, 0.15) is 11.2 Å². The number of aromatic amines is 1. The number of Topliss-reactive ketones (excluding diaryl/α,β-unsaturated/α-hetero) is 1. The number of aromatic nitrogens is 3. The van der Waals surface area contributed by atoms with E-state index in [1.165, 1.54) is 0 Å². The standard InChI is InChI=1S/C25H18N4O2/c30-22(13-16-7-2-1-3-8-16)19-11-6-12-20-23(19)28-25(27-20)29-24(31)21-14-17-9-4-5-10-18(17)15-26-21/h1-12,14-15H,13H2,(H2,27,28,29,31). The van der Waals surface area contributed by atoms with Gasteiger partial charge in [-0.05, 0) is 29.1 Å². The van der Waals surface area contributed by atoms with E-state index in [9.17, 15) is 9.59 Å². The number of hydrogen-bond donors (Lipinski definition) is 2. The minimum Gasteiger partial charge on any atom is -0.324 e. The first-order valence-corrected chi connectivity index (χ1v) is 9.89. The molecule has 3 aromatic carbocycles. The minimum atomic E-state index is -0.373. The van der Waals surface area contributed by atoms with Crippen molar-refractivity contribution < 1.29 is 9.59 Å². The first-order valence-electron chi connectivity index (χ1n) is 9.89. The number of benzene rings is 3. The van der Waals surface area contributed by atoms with Crippen molar-refractivity contribution in [3.63, 3.8) is 0 Å². The van der Waals surface area contributed by atoms with E-state index >= 15 is 0 Å². The SMILES string of the molecule is O=C(Nc1nc2c(C(=O)Cc3ccccc3)cccc2[nH]1)c1cc2ccccc2cn1. The zero-order chi connectivity index (χ0) is 21.2. The van der Waals surface area contributed by atoms with Crippen molar-refractivity contribution in [3.8, 4) is 0 Å². The van der Waals surface area contributed by atoms with Crippen molar-refractivity contribution in [1.29, 1.82) is 0 Å². The van der Waals surface area contributed by atoms with Crippen molar-refractivity contribution in [1.82, 2.24) is 15.0 Å². The summed E-state index contributed by atoms with van der Waals surface area (Å²) in [7, 11) is 0. The first-order chi connectivity index (χ1) is 15.2. The number of carbonyl (C=O) groups excluding carboxylic acids is 2. The quantitative estimate of drug-likeness (QED) is 0.411. The molecule has 2 aromatic heterocycles.